The molecule has 2 aromatic rings. The highest BCUT2D eigenvalue weighted by molar-refractivity contribution is 5.91. The fraction of sp³-hybridized carbons (Fsp3) is 0.238. The van der Waals surface area contributed by atoms with E-state index in [1.807, 2.05) is 44.2 Å². The number of rotatable bonds is 7. The van der Waals surface area contributed by atoms with Crippen LogP contribution in [0.5, 0.6) is 11.5 Å². The average Bonchev–Trinajstić information content (AvgIpc) is 2.65. The van der Waals surface area contributed by atoms with Crippen molar-refractivity contribution in [3.8, 4) is 17.6 Å². The lowest BCUT2D eigenvalue weighted by molar-refractivity contribution is -0.116. The first-order valence-corrected chi connectivity index (χ1v) is 8.31. The second kappa shape index (κ2) is 9.28. The highest BCUT2D eigenvalue weighted by atomic mass is 16.5. The first kappa shape index (κ1) is 19.1. The average molecular weight is 350 g/mol. The largest absolute Gasteiger partial charge is 0.493 e. The van der Waals surface area contributed by atoms with Crippen molar-refractivity contribution in [1.29, 1.82) is 5.26 Å². The maximum atomic E-state index is 12.0. The van der Waals surface area contributed by atoms with Gasteiger partial charge in [0.25, 0.3) is 0 Å². The number of carbonyl (C=O) groups excluding carboxylic acids is 1. The number of nitrogens with zero attached hydrogens (tertiary/aromatic N) is 1. The lowest BCUT2D eigenvalue weighted by Crippen LogP contribution is -2.20. The Kier molecular flexibility index (Phi) is 6.81. The Balaban J connectivity index is 1.95. The number of nitriles is 1. The van der Waals surface area contributed by atoms with Gasteiger partial charge >= 0.3 is 0 Å². The lowest BCUT2D eigenvalue weighted by Gasteiger charge is -2.13. The van der Waals surface area contributed by atoms with Gasteiger partial charge in [0, 0.05) is 12.6 Å². The second-order valence-corrected chi connectivity index (χ2v) is 5.94. The van der Waals surface area contributed by atoms with Gasteiger partial charge in [0.15, 0.2) is 11.5 Å². The predicted molar refractivity (Wildman–Crippen MR) is 101 cm³/mol. The number of methoxy groups -OCH3 is 1. The third kappa shape index (κ3) is 5.67. The van der Waals surface area contributed by atoms with Gasteiger partial charge in [-0.05, 0) is 55.3 Å². The van der Waals surface area contributed by atoms with Crippen LogP contribution in [-0.4, -0.2) is 19.1 Å². The first-order chi connectivity index (χ1) is 12.5. The molecule has 0 saturated carbocycles. The Labute approximate surface area is 153 Å². The predicted octanol–water partition coefficient (Wildman–Crippen LogP) is 3.68. The van der Waals surface area contributed by atoms with E-state index < -0.39 is 0 Å². The summed E-state index contributed by atoms with van der Waals surface area (Å²) in [4.78, 5) is 12.0. The standard InChI is InChI=1S/C21H22N2O3/c1-15(2)26-19-10-8-16(12-20(19)25-3)9-11-21(24)23-14-18-6-4-17(13-22)5-7-18/h4-12,15H,14H2,1-3H3,(H,23,24)/b11-9+. The van der Waals surface area contributed by atoms with Crippen LogP contribution in [-0.2, 0) is 11.3 Å². The van der Waals surface area contributed by atoms with E-state index in [1.54, 1.807) is 25.3 Å². The molecule has 2 rings (SSSR count). The van der Waals surface area contributed by atoms with Gasteiger partial charge in [0.2, 0.25) is 5.91 Å². The van der Waals surface area contributed by atoms with E-state index in [0.29, 0.717) is 23.6 Å². The van der Waals surface area contributed by atoms with Crippen molar-refractivity contribution in [3.63, 3.8) is 0 Å². The maximum absolute atomic E-state index is 12.0. The molecule has 0 saturated heterocycles. The van der Waals surface area contributed by atoms with E-state index in [4.69, 9.17) is 14.7 Å². The molecule has 0 bridgehead atoms. The summed E-state index contributed by atoms with van der Waals surface area (Å²) in [7, 11) is 1.58. The van der Waals surface area contributed by atoms with Gasteiger partial charge in [-0.2, -0.15) is 5.26 Å². The molecule has 26 heavy (non-hydrogen) atoms. The molecule has 0 unspecified atom stereocenters. The van der Waals surface area contributed by atoms with Crippen LogP contribution in [0.4, 0.5) is 0 Å². The molecule has 0 heterocycles. The Morgan fingerprint density at radius 2 is 1.92 bits per heavy atom. The molecule has 2 aromatic carbocycles. The molecular weight excluding hydrogens is 328 g/mol. The summed E-state index contributed by atoms with van der Waals surface area (Å²) in [6, 6.07) is 14.7. The third-order valence-electron chi connectivity index (χ3n) is 3.53. The van der Waals surface area contributed by atoms with E-state index in [9.17, 15) is 4.79 Å². The van der Waals surface area contributed by atoms with Crippen LogP contribution in [0.1, 0.15) is 30.5 Å². The molecule has 0 aromatic heterocycles. The maximum Gasteiger partial charge on any atom is 0.244 e. The minimum absolute atomic E-state index is 0.0540. The van der Waals surface area contributed by atoms with Crippen LogP contribution in [0.25, 0.3) is 6.08 Å². The van der Waals surface area contributed by atoms with Crippen LogP contribution in [0.15, 0.2) is 48.5 Å². The molecule has 0 fully saturated rings. The molecule has 0 radical (unpaired) electrons. The summed E-state index contributed by atoms with van der Waals surface area (Å²) in [6.07, 6.45) is 3.25. The molecule has 0 atom stereocenters. The van der Waals surface area contributed by atoms with E-state index >= 15 is 0 Å². The van der Waals surface area contributed by atoms with Gasteiger partial charge in [-0.25, -0.2) is 0 Å². The van der Waals surface area contributed by atoms with Crippen LogP contribution < -0.4 is 14.8 Å². The van der Waals surface area contributed by atoms with Crippen LogP contribution in [0.2, 0.25) is 0 Å². The van der Waals surface area contributed by atoms with Crippen LogP contribution >= 0.6 is 0 Å². The van der Waals surface area contributed by atoms with Crippen LogP contribution in [0.3, 0.4) is 0 Å². The fourth-order valence-corrected chi connectivity index (χ4v) is 2.26. The van der Waals surface area contributed by atoms with E-state index in [0.717, 1.165) is 11.1 Å². The molecule has 5 heteroatoms. The number of hydrogen-bond donors (Lipinski definition) is 1. The minimum Gasteiger partial charge on any atom is -0.493 e. The Hall–Kier alpha value is -3.26. The molecule has 1 N–H and O–H groups in total. The van der Waals surface area contributed by atoms with E-state index in [1.165, 1.54) is 6.08 Å². The summed E-state index contributed by atoms with van der Waals surface area (Å²) in [5.74, 6) is 1.10. The zero-order chi connectivity index (χ0) is 18.9. The lowest BCUT2D eigenvalue weighted by atomic mass is 10.1. The van der Waals surface area contributed by atoms with Crippen molar-refractivity contribution in [1.82, 2.24) is 5.32 Å². The van der Waals surface area contributed by atoms with Gasteiger partial charge in [-0.15, -0.1) is 0 Å². The van der Waals surface area contributed by atoms with Crippen molar-refractivity contribution in [2.75, 3.05) is 7.11 Å². The number of hydrogen-bond acceptors (Lipinski definition) is 4. The summed E-state index contributed by atoms with van der Waals surface area (Å²) in [5, 5.41) is 11.6. The molecule has 5 nitrogen and oxygen atoms in total. The summed E-state index contributed by atoms with van der Waals surface area (Å²) >= 11 is 0. The normalized spacial score (nSPS) is 10.6. The Morgan fingerprint density at radius 1 is 1.19 bits per heavy atom. The topological polar surface area (TPSA) is 71.3 Å². The summed E-state index contributed by atoms with van der Waals surface area (Å²) in [6.45, 7) is 4.30. The molecular formula is C21H22N2O3. The molecule has 0 aliphatic heterocycles. The highest BCUT2D eigenvalue weighted by Crippen LogP contribution is 2.29. The zero-order valence-electron chi connectivity index (χ0n) is 15.2. The minimum atomic E-state index is -0.198. The highest BCUT2D eigenvalue weighted by Gasteiger charge is 2.06. The number of carbonyl (C=O) groups is 1. The monoisotopic (exact) mass is 350 g/mol. The van der Waals surface area contributed by atoms with E-state index in [2.05, 4.69) is 11.4 Å². The SMILES string of the molecule is COc1cc(/C=C/C(=O)NCc2ccc(C#N)cc2)ccc1OC(C)C. The molecule has 0 aliphatic rings. The van der Waals surface area contributed by atoms with E-state index in [-0.39, 0.29) is 12.0 Å². The number of nitrogens with one attached hydrogen (secondary N) is 1. The van der Waals surface area contributed by atoms with Crippen molar-refractivity contribution >= 4 is 12.0 Å². The number of ether oxygens (including phenoxy) is 2. The van der Waals surface area contributed by atoms with Gasteiger partial charge in [-0.1, -0.05) is 18.2 Å². The molecule has 134 valence electrons. The van der Waals surface area contributed by atoms with Crippen molar-refractivity contribution in [2.45, 2.75) is 26.5 Å². The Bertz CT molecular complexity index is 818. The molecule has 0 spiro atoms. The van der Waals surface area contributed by atoms with Crippen molar-refractivity contribution in [3.05, 3.63) is 65.2 Å². The smallest absolute Gasteiger partial charge is 0.244 e. The molecule has 1 amide bonds. The number of amides is 1. The summed E-state index contributed by atoms with van der Waals surface area (Å²) < 4.78 is 11.0. The fourth-order valence-electron chi connectivity index (χ4n) is 2.26. The second-order valence-electron chi connectivity index (χ2n) is 5.94. The van der Waals surface area contributed by atoms with Gasteiger partial charge in [0.05, 0.1) is 24.8 Å². The van der Waals surface area contributed by atoms with Gasteiger partial charge in [0.1, 0.15) is 0 Å². The van der Waals surface area contributed by atoms with Crippen molar-refractivity contribution in [2.24, 2.45) is 0 Å². The quantitative estimate of drug-likeness (QED) is 0.773. The molecule has 0 aliphatic carbocycles. The van der Waals surface area contributed by atoms with Gasteiger partial charge < -0.3 is 14.8 Å². The van der Waals surface area contributed by atoms with Crippen molar-refractivity contribution < 1.29 is 14.3 Å². The zero-order valence-corrected chi connectivity index (χ0v) is 15.2. The summed E-state index contributed by atoms with van der Waals surface area (Å²) in [5.41, 5.74) is 2.37. The Morgan fingerprint density at radius 3 is 2.54 bits per heavy atom. The van der Waals surface area contributed by atoms with Gasteiger partial charge in [-0.3, -0.25) is 4.79 Å². The van der Waals surface area contributed by atoms with Crippen LogP contribution in [0, 0.1) is 11.3 Å². The number of benzene rings is 2. The third-order valence-corrected chi connectivity index (χ3v) is 3.53. The first-order valence-electron chi connectivity index (χ1n) is 8.31.